The molecular formula is C27H34FN5O2. The minimum absolute atomic E-state index is 0.0677. The number of benzene rings is 2. The summed E-state index contributed by atoms with van der Waals surface area (Å²) in [5.74, 6) is 0.291. The summed E-state index contributed by atoms with van der Waals surface area (Å²) in [5, 5.41) is 10.8. The third kappa shape index (κ3) is 6.07. The third-order valence-corrected chi connectivity index (χ3v) is 6.32. The Hall–Kier alpha value is -3.23. The molecule has 1 fully saturated rings. The van der Waals surface area contributed by atoms with Gasteiger partial charge < -0.3 is 10.1 Å². The van der Waals surface area contributed by atoms with E-state index in [0.717, 1.165) is 25.3 Å². The number of hydrogen-bond acceptors (Lipinski definition) is 4. The van der Waals surface area contributed by atoms with Gasteiger partial charge in [0.1, 0.15) is 11.6 Å². The maximum absolute atomic E-state index is 13.9. The summed E-state index contributed by atoms with van der Waals surface area (Å²) >= 11 is 0. The number of nitrogens with one attached hydrogen (secondary N) is 2. The lowest BCUT2D eigenvalue weighted by Crippen LogP contribution is -2.42. The Labute approximate surface area is 206 Å². The number of halogens is 1. The van der Waals surface area contributed by atoms with Crippen molar-refractivity contribution in [1.29, 1.82) is 0 Å². The lowest BCUT2D eigenvalue weighted by molar-refractivity contribution is 0.159. The van der Waals surface area contributed by atoms with Crippen molar-refractivity contribution >= 4 is 11.8 Å². The number of carbonyl (C=O) groups excluding carboxylic acids is 1. The van der Waals surface area contributed by atoms with Gasteiger partial charge in [0, 0.05) is 44.1 Å². The molecule has 0 aliphatic carbocycles. The molecule has 1 aliphatic heterocycles. The Morgan fingerprint density at radius 3 is 2.57 bits per heavy atom. The van der Waals surface area contributed by atoms with E-state index in [1.165, 1.54) is 17.7 Å². The van der Waals surface area contributed by atoms with Crippen molar-refractivity contribution in [2.75, 3.05) is 38.7 Å². The van der Waals surface area contributed by atoms with Gasteiger partial charge in [-0.05, 0) is 23.8 Å². The molecule has 186 valence electrons. The molecule has 1 aliphatic rings. The molecule has 1 aromatic heterocycles. The number of urea groups is 1. The van der Waals surface area contributed by atoms with Crippen LogP contribution in [0.15, 0.2) is 60.7 Å². The number of nitrogens with zero attached hydrogens (tertiary/aromatic N) is 3. The molecular weight excluding hydrogens is 445 g/mol. The number of likely N-dealkylation sites (tertiary alicyclic amines) is 1. The summed E-state index contributed by atoms with van der Waals surface area (Å²) in [6, 6.07) is 17.9. The number of carbonyl (C=O) groups is 1. The molecule has 0 saturated carbocycles. The topological polar surface area (TPSA) is 71.4 Å². The highest BCUT2D eigenvalue weighted by molar-refractivity contribution is 5.89. The molecule has 0 radical (unpaired) electrons. The van der Waals surface area contributed by atoms with Gasteiger partial charge in [0.2, 0.25) is 0 Å². The number of ether oxygens (including phenoxy) is 1. The zero-order valence-electron chi connectivity index (χ0n) is 20.8. The quantitative estimate of drug-likeness (QED) is 0.522. The molecule has 2 atom stereocenters. The first-order valence-corrected chi connectivity index (χ1v) is 11.9. The fourth-order valence-corrected chi connectivity index (χ4v) is 4.43. The molecule has 4 rings (SSSR count). The van der Waals surface area contributed by atoms with Crippen LogP contribution < -0.4 is 10.6 Å². The van der Waals surface area contributed by atoms with Gasteiger partial charge in [-0.3, -0.25) is 10.2 Å². The van der Waals surface area contributed by atoms with Gasteiger partial charge in [-0.25, -0.2) is 13.9 Å². The van der Waals surface area contributed by atoms with Crippen molar-refractivity contribution < 1.29 is 13.9 Å². The van der Waals surface area contributed by atoms with Crippen LogP contribution in [0.25, 0.3) is 5.69 Å². The van der Waals surface area contributed by atoms with Crippen molar-refractivity contribution in [1.82, 2.24) is 20.0 Å². The van der Waals surface area contributed by atoms with Crippen molar-refractivity contribution in [2.24, 2.45) is 0 Å². The number of rotatable bonds is 7. The average Bonchev–Trinajstić information content (AvgIpc) is 3.42. The number of hydrogen-bond donors (Lipinski definition) is 2. The first-order chi connectivity index (χ1) is 16.7. The van der Waals surface area contributed by atoms with E-state index in [2.05, 4.69) is 32.8 Å². The number of aromatic nitrogens is 2. The van der Waals surface area contributed by atoms with E-state index in [1.54, 1.807) is 23.9 Å². The number of methoxy groups -OCH3 is 1. The first-order valence-electron chi connectivity index (χ1n) is 11.9. The summed E-state index contributed by atoms with van der Waals surface area (Å²) in [5.41, 5.74) is 2.30. The Morgan fingerprint density at radius 2 is 1.89 bits per heavy atom. The van der Waals surface area contributed by atoms with Crippen LogP contribution in [-0.4, -0.2) is 60.1 Å². The average molecular weight is 480 g/mol. The van der Waals surface area contributed by atoms with Gasteiger partial charge in [0.05, 0.1) is 24.0 Å². The molecule has 2 amide bonds. The molecule has 0 spiro atoms. The maximum atomic E-state index is 13.9. The van der Waals surface area contributed by atoms with Gasteiger partial charge >= 0.3 is 6.03 Å². The maximum Gasteiger partial charge on any atom is 0.320 e. The molecule has 1 unspecified atom stereocenters. The Morgan fingerprint density at radius 1 is 1.11 bits per heavy atom. The highest BCUT2D eigenvalue weighted by Gasteiger charge is 2.35. The second kappa shape index (κ2) is 10.6. The molecule has 7 nitrogen and oxygen atoms in total. The predicted octanol–water partition coefficient (Wildman–Crippen LogP) is 4.54. The van der Waals surface area contributed by atoms with Crippen LogP contribution in [0.1, 0.15) is 37.9 Å². The Kier molecular flexibility index (Phi) is 7.52. The summed E-state index contributed by atoms with van der Waals surface area (Å²) in [4.78, 5) is 15.5. The minimum Gasteiger partial charge on any atom is -0.383 e. The van der Waals surface area contributed by atoms with E-state index in [9.17, 15) is 9.18 Å². The van der Waals surface area contributed by atoms with Gasteiger partial charge in [-0.15, -0.1) is 0 Å². The predicted molar refractivity (Wildman–Crippen MR) is 136 cm³/mol. The van der Waals surface area contributed by atoms with E-state index in [-0.39, 0.29) is 29.2 Å². The molecule has 2 aromatic carbocycles. The lowest BCUT2D eigenvalue weighted by Gasteiger charge is -2.20. The molecule has 0 bridgehead atoms. The Balaban J connectivity index is 1.55. The van der Waals surface area contributed by atoms with Crippen molar-refractivity contribution in [3.63, 3.8) is 0 Å². The fraction of sp³-hybridized carbons (Fsp3) is 0.407. The van der Waals surface area contributed by atoms with E-state index >= 15 is 0 Å². The smallest absolute Gasteiger partial charge is 0.320 e. The minimum atomic E-state index is -0.362. The normalized spacial score (nSPS) is 18.5. The second-order valence-corrected chi connectivity index (χ2v) is 10.0. The van der Waals surface area contributed by atoms with Crippen LogP contribution in [0.4, 0.5) is 15.0 Å². The fourth-order valence-electron chi connectivity index (χ4n) is 4.43. The summed E-state index contributed by atoms with van der Waals surface area (Å²) < 4.78 is 20.8. The molecule has 2 N–H and O–H groups in total. The summed E-state index contributed by atoms with van der Waals surface area (Å²) in [6.07, 6.45) is 0. The zero-order valence-corrected chi connectivity index (χ0v) is 20.8. The zero-order chi connectivity index (χ0) is 25.0. The van der Waals surface area contributed by atoms with Crippen LogP contribution in [0.5, 0.6) is 0 Å². The highest BCUT2D eigenvalue weighted by atomic mass is 19.1. The third-order valence-electron chi connectivity index (χ3n) is 6.32. The lowest BCUT2D eigenvalue weighted by atomic mass is 9.92. The molecule has 35 heavy (non-hydrogen) atoms. The van der Waals surface area contributed by atoms with Gasteiger partial charge in [-0.1, -0.05) is 57.2 Å². The number of anilines is 1. The second-order valence-electron chi connectivity index (χ2n) is 10.0. The van der Waals surface area contributed by atoms with Crippen molar-refractivity contribution in [3.05, 3.63) is 77.7 Å². The Bertz CT molecular complexity index is 1140. The summed E-state index contributed by atoms with van der Waals surface area (Å²) in [6.45, 7) is 9.16. The van der Waals surface area contributed by atoms with Crippen LogP contribution in [-0.2, 0) is 10.2 Å². The SMILES string of the molecule is COCCN1CC(c2ccccc2)[C@H](NC(=O)Nc2cc(C(C)(C)C)nn2-c2cccc(F)c2)C1. The molecule has 2 heterocycles. The summed E-state index contributed by atoms with van der Waals surface area (Å²) in [7, 11) is 1.70. The van der Waals surface area contributed by atoms with Gasteiger partial charge in [-0.2, -0.15) is 5.10 Å². The van der Waals surface area contributed by atoms with E-state index in [1.807, 2.05) is 45.0 Å². The van der Waals surface area contributed by atoms with Crippen LogP contribution in [0.3, 0.4) is 0 Å². The number of amides is 2. The molecule has 1 saturated heterocycles. The van der Waals surface area contributed by atoms with Crippen LogP contribution >= 0.6 is 0 Å². The highest BCUT2D eigenvalue weighted by Crippen LogP contribution is 2.29. The van der Waals surface area contributed by atoms with Gasteiger partial charge in [0.25, 0.3) is 0 Å². The molecule has 8 heteroatoms. The van der Waals surface area contributed by atoms with E-state index in [4.69, 9.17) is 4.74 Å². The first kappa shape index (κ1) is 24.9. The standard InChI is InChI=1S/C27H34FN5O2/c1-27(2,3)24-16-25(33(31-24)21-12-8-11-20(28)15-21)30-26(34)29-23-18-32(13-14-35-4)17-22(23)19-9-6-5-7-10-19/h5-12,15-16,22-23H,13-14,17-18H2,1-4H3,(H2,29,30,34)/t22?,23-/m1/s1. The van der Waals surface area contributed by atoms with Gasteiger partial charge in [0.15, 0.2) is 0 Å². The van der Waals surface area contributed by atoms with Crippen LogP contribution in [0.2, 0.25) is 0 Å². The molecule has 3 aromatic rings. The van der Waals surface area contributed by atoms with Crippen molar-refractivity contribution in [3.8, 4) is 5.69 Å². The van der Waals surface area contributed by atoms with Crippen molar-refractivity contribution in [2.45, 2.75) is 38.1 Å². The van der Waals surface area contributed by atoms with E-state index < -0.39 is 0 Å². The van der Waals surface area contributed by atoms with E-state index in [0.29, 0.717) is 18.1 Å². The van der Waals surface area contributed by atoms with Crippen LogP contribution in [0, 0.1) is 5.82 Å². The monoisotopic (exact) mass is 479 g/mol. The largest absolute Gasteiger partial charge is 0.383 e.